The van der Waals surface area contributed by atoms with E-state index in [9.17, 15) is 0 Å². The molecule has 0 aliphatic heterocycles. The number of hydrogen-bond donors (Lipinski definition) is 0. The Morgan fingerprint density at radius 1 is 0.306 bits per heavy atom. The maximum absolute atomic E-state index is 2.56. The topological polar surface area (TPSA) is 6.48 Å². The van der Waals surface area contributed by atoms with Gasteiger partial charge in [0.25, 0.3) is 0 Å². The summed E-state index contributed by atoms with van der Waals surface area (Å²) in [5, 5.41) is 2.74. The van der Waals surface area contributed by atoms with Gasteiger partial charge in [0.1, 0.15) is 0 Å². The summed E-state index contributed by atoms with van der Waals surface area (Å²) < 4.78 is 0. The van der Waals surface area contributed by atoms with Crippen LogP contribution in [0.5, 0.6) is 0 Å². The van der Waals surface area contributed by atoms with Crippen LogP contribution >= 0.6 is 0 Å². The van der Waals surface area contributed by atoms with Crippen LogP contribution in [0.4, 0.5) is 34.1 Å². The molecule has 2 nitrogen and oxygen atoms in total. The molecule has 2 aliphatic carbocycles. The van der Waals surface area contributed by atoms with Crippen LogP contribution in [0.25, 0.3) is 33.0 Å². The summed E-state index contributed by atoms with van der Waals surface area (Å²) >= 11 is 0. The van der Waals surface area contributed by atoms with Gasteiger partial charge in [0, 0.05) is 45.0 Å². The van der Waals surface area contributed by atoms with Gasteiger partial charge in [-0.1, -0.05) is 82.3 Å². The molecular weight excluding hydrogens is 749 g/mol. The van der Waals surface area contributed by atoms with E-state index in [4.69, 9.17) is 0 Å². The smallest absolute Gasteiger partial charge is 0.0466 e. The van der Waals surface area contributed by atoms with Gasteiger partial charge in [-0.3, -0.25) is 0 Å². The quantitative estimate of drug-likeness (QED) is 0.165. The molecule has 0 saturated heterocycles. The lowest BCUT2D eigenvalue weighted by atomic mass is 9.67. The van der Waals surface area contributed by atoms with Crippen molar-refractivity contribution >= 4 is 44.9 Å². The van der Waals surface area contributed by atoms with Crippen LogP contribution in [-0.2, 0) is 10.8 Å². The Morgan fingerprint density at radius 2 is 0.677 bits per heavy atom. The molecule has 0 heterocycles. The van der Waals surface area contributed by atoms with Crippen molar-refractivity contribution in [2.45, 2.75) is 93.9 Å². The van der Waals surface area contributed by atoms with Crippen molar-refractivity contribution in [3.63, 3.8) is 0 Å². The molecule has 0 saturated carbocycles. The molecule has 10 rings (SSSR count). The summed E-state index contributed by atoms with van der Waals surface area (Å²) in [4.78, 5) is 4.93. The molecule has 0 amide bonds. The highest BCUT2D eigenvalue weighted by Gasteiger charge is 2.41. The summed E-state index contributed by atoms with van der Waals surface area (Å²) in [7, 11) is 0. The van der Waals surface area contributed by atoms with Gasteiger partial charge in [-0.25, -0.2) is 0 Å². The summed E-state index contributed by atoms with van der Waals surface area (Å²) in [5.41, 5.74) is 27.7. The van der Waals surface area contributed by atoms with E-state index in [0.29, 0.717) is 0 Å². The Kier molecular flexibility index (Phi) is 9.02. The van der Waals surface area contributed by atoms with Crippen LogP contribution in [0.1, 0.15) is 94.5 Å². The number of anilines is 6. The maximum Gasteiger partial charge on any atom is 0.0466 e. The second-order valence-electron chi connectivity index (χ2n) is 19.8. The normalized spacial score (nSPS) is 14.1. The molecule has 8 aromatic rings. The third kappa shape index (κ3) is 6.29. The number of nitrogens with zero attached hydrogens (tertiary/aromatic N) is 2. The van der Waals surface area contributed by atoms with Crippen LogP contribution in [-0.4, -0.2) is 0 Å². The van der Waals surface area contributed by atoms with Crippen LogP contribution in [0.3, 0.4) is 0 Å². The van der Waals surface area contributed by atoms with Gasteiger partial charge in [-0.2, -0.15) is 0 Å². The van der Waals surface area contributed by atoms with Gasteiger partial charge in [-0.15, -0.1) is 0 Å². The van der Waals surface area contributed by atoms with Gasteiger partial charge in [0.2, 0.25) is 0 Å². The SMILES string of the molecule is Cc1cc(C)cc(N(c2cc(C)cc(C)c2)c2ccc3c(c2)C(C)(C)c2cc4c5c(cccc5c2-3)C(C)(C)c2cc(N(c3cc(C)cc(C)c3)c3cc(C)cc(C)c3)ccc2-4)c1. The third-order valence-electron chi connectivity index (χ3n) is 13.8. The van der Waals surface area contributed by atoms with E-state index in [1.165, 1.54) is 134 Å². The van der Waals surface area contributed by atoms with E-state index >= 15 is 0 Å². The van der Waals surface area contributed by atoms with Gasteiger partial charge in [0.05, 0.1) is 0 Å². The molecular formula is C60H58N2. The monoisotopic (exact) mass is 806 g/mol. The third-order valence-corrected chi connectivity index (χ3v) is 13.8. The predicted molar refractivity (Wildman–Crippen MR) is 266 cm³/mol. The van der Waals surface area contributed by atoms with Gasteiger partial charge in [0.15, 0.2) is 0 Å². The average Bonchev–Trinajstić information content (AvgIpc) is 3.41. The predicted octanol–water partition coefficient (Wildman–Crippen LogP) is 16.9. The molecule has 0 bridgehead atoms. The van der Waals surface area contributed by atoms with E-state index in [2.05, 4.69) is 226 Å². The van der Waals surface area contributed by atoms with Crippen molar-refractivity contribution in [1.29, 1.82) is 0 Å². The number of aryl methyl sites for hydroxylation is 8. The largest absolute Gasteiger partial charge is 0.310 e. The Labute approximate surface area is 369 Å². The van der Waals surface area contributed by atoms with Crippen LogP contribution in [0.15, 0.2) is 133 Å². The molecule has 0 aromatic heterocycles. The highest BCUT2D eigenvalue weighted by Crippen LogP contribution is 2.58. The molecule has 0 fully saturated rings. The zero-order chi connectivity index (χ0) is 43.6. The van der Waals surface area contributed by atoms with Crippen molar-refractivity contribution in [1.82, 2.24) is 0 Å². The van der Waals surface area contributed by atoms with Crippen molar-refractivity contribution in [3.8, 4) is 22.3 Å². The standard InChI is InChI=1S/C60H58N2/c1-35-20-36(2)25-45(24-35)61(46-26-37(3)21-38(4)27-46)43-16-18-49-52-34-56-57(51-14-13-15-53(58(51)52)59(9,10)54(49)32-43)50-19-17-44(33-55(50)60(56,11)12)62(47-28-39(5)22-40(6)29-47)48-30-41(7)23-42(8)31-48/h13-34H,1-12H3. The summed E-state index contributed by atoms with van der Waals surface area (Å²) in [6.45, 7) is 27.3. The van der Waals surface area contributed by atoms with Gasteiger partial charge in [-0.05, 0) is 234 Å². The van der Waals surface area contributed by atoms with Crippen molar-refractivity contribution in [2.24, 2.45) is 0 Å². The molecule has 0 spiro atoms. The first-order valence-corrected chi connectivity index (χ1v) is 22.3. The fraction of sp³-hybridized carbons (Fsp3) is 0.233. The zero-order valence-corrected chi connectivity index (χ0v) is 38.6. The van der Waals surface area contributed by atoms with Crippen LogP contribution in [0, 0.1) is 55.4 Å². The van der Waals surface area contributed by atoms with Gasteiger partial charge >= 0.3 is 0 Å². The van der Waals surface area contributed by atoms with E-state index in [-0.39, 0.29) is 10.8 Å². The average molecular weight is 807 g/mol. The Balaban J connectivity index is 1.16. The maximum atomic E-state index is 2.56. The number of benzene rings is 8. The highest BCUT2D eigenvalue weighted by molar-refractivity contribution is 6.13. The minimum Gasteiger partial charge on any atom is -0.310 e. The molecule has 0 unspecified atom stereocenters. The highest BCUT2D eigenvalue weighted by atomic mass is 15.1. The molecule has 308 valence electrons. The molecule has 2 aliphatic rings. The lowest BCUT2D eigenvalue weighted by Crippen LogP contribution is -2.25. The first-order chi connectivity index (χ1) is 29.5. The Hall–Kier alpha value is -6.38. The number of rotatable bonds is 6. The fourth-order valence-corrected chi connectivity index (χ4v) is 11.3. The van der Waals surface area contributed by atoms with Crippen molar-refractivity contribution < 1.29 is 0 Å². The first-order valence-electron chi connectivity index (χ1n) is 22.3. The van der Waals surface area contributed by atoms with Crippen LogP contribution < -0.4 is 9.80 Å². The van der Waals surface area contributed by atoms with E-state index in [1.807, 2.05) is 0 Å². The lowest BCUT2D eigenvalue weighted by molar-refractivity contribution is 0.644. The summed E-state index contributed by atoms with van der Waals surface area (Å²) in [6, 6.07) is 51.8. The van der Waals surface area contributed by atoms with Crippen LogP contribution in [0.2, 0.25) is 0 Å². The molecule has 0 N–H and O–H groups in total. The molecule has 8 aromatic carbocycles. The molecule has 0 atom stereocenters. The second-order valence-corrected chi connectivity index (χ2v) is 19.8. The minimum absolute atomic E-state index is 0.228. The minimum atomic E-state index is -0.234. The molecule has 2 heteroatoms. The first kappa shape index (κ1) is 39.7. The molecule has 0 radical (unpaired) electrons. The lowest BCUT2D eigenvalue weighted by Gasteiger charge is -2.37. The van der Waals surface area contributed by atoms with Crippen molar-refractivity contribution in [2.75, 3.05) is 9.80 Å². The zero-order valence-electron chi connectivity index (χ0n) is 38.6. The Morgan fingerprint density at radius 3 is 1.10 bits per heavy atom. The van der Waals surface area contributed by atoms with E-state index in [0.717, 1.165) is 0 Å². The number of fused-ring (bicyclic) bond motifs is 6. The van der Waals surface area contributed by atoms with Crippen molar-refractivity contribution in [3.05, 3.63) is 200 Å². The van der Waals surface area contributed by atoms with E-state index in [1.54, 1.807) is 0 Å². The van der Waals surface area contributed by atoms with E-state index < -0.39 is 0 Å². The molecule has 62 heavy (non-hydrogen) atoms. The van der Waals surface area contributed by atoms with Gasteiger partial charge < -0.3 is 9.80 Å². The Bertz CT molecular complexity index is 2990. The summed E-state index contributed by atoms with van der Waals surface area (Å²) in [5.74, 6) is 0. The summed E-state index contributed by atoms with van der Waals surface area (Å²) in [6.07, 6.45) is 0. The fourth-order valence-electron chi connectivity index (χ4n) is 11.3. The second kappa shape index (κ2) is 14.1. The number of hydrogen-bond acceptors (Lipinski definition) is 2.